The fraction of sp³-hybridized carbons (Fsp3) is 0.600. The molecule has 1 saturated heterocycles. The summed E-state index contributed by atoms with van der Waals surface area (Å²) < 4.78 is 0. The lowest BCUT2D eigenvalue weighted by atomic mass is 9.95. The lowest BCUT2D eigenvalue weighted by Gasteiger charge is -2.40. The second kappa shape index (κ2) is 5.83. The van der Waals surface area contributed by atoms with E-state index in [9.17, 15) is 0 Å². The number of nitrogens with zero attached hydrogens (tertiary/aromatic N) is 2. The summed E-state index contributed by atoms with van der Waals surface area (Å²) in [7, 11) is 2.19. The summed E-state index contributed by atoms with van der Waals surface area (Å²) in [6, 6.07) is 10.7. The maximum atomic E-state index is 6.09. The van der Waals surface area contributed by atoms with Crippen LogP contribution >= 0.6 is 0 Å². The van der Waals surface area contributed by atoms with E-state index in [-0.39, 0.29) is 5.54 Å². The molecule has 0 aliphatic carbocycles. The molecule has 3 heteroatoms. The minimum Gasteiger partial charge on any atom is -0.329 e. The third kappa shape index (κ3) is 2.74. The van der Waals surface area contributed by atoms with Gasteiger partial charge in [0.1, 0.15) is 0 Å². The highest BCUT2D eigenvalue weighted by Gasteiger charge is 2.39. The summed E-state index contributed by atoms with van der Waals surface area (Å²) in [6.45, 7) is 7.28. The molecule has 1 atom stereocenters. The zero-order valence-corrected chi connectivity index (χ0v) is 11.6. The second-order valence-electron chi connectivity index (χ2n) is 5.42. The van der Waals surface area contributed by atoms with E-state index >= 15 is 0 Å². The summed E-state index contributed by atoms with van der Waals surface area (Å²) in [6.07, 6.45) is 1.18. The largest absolute Gasteiger partial charge is 0.329 e. The molecular formula is C15H25N3. The van der Waals surface area contributed by atoms with E-state index in [0.717, 1.165) is 32.7 Å². The molecule has 3 nitrogen and oxygen atoms in total. The van der Waals surface area contributed by atoms with Gasteiger partial charge in [0, 0.05) is 25.2 Å². The number of hydrogen-bond acceptors (Lipinski definition) is 3. The van der Waals surface area contributed by atoms with Gasteiger partial charge >= 0.3 is 0 Å². The summed E-state index contributed by atoms with van der Waals surface area (Å²) in [4.78, 5) is 4.94. The van der Waals surface area contributed by atoms with Crippen molar-refractivity contribution < 1.29 is 0 Å². The molecule has 1 aromatic carbocycles. The van der Waals surface area contributed by atoms with Gasteiger partial charge in [0.2, 0.25) is 0 Å². The van der Waals surface area contributed by atoms with Gasteiger partial charge in [-0.3, -0.25) is 4.90 Å². The van der Waals surface area contributed by atoms with Crippen LogP contribution in [-0.4, -0.2) is 48.6 Å². The van der Waals surface area contributed by atoms with E-state index in [1.54, 1.807) is 0 Å². The number of hydrogen-bond donors (Lipinski definition) is 1. The van der Waals surface area contributed by atoms with Crippen molar-refractivity contribution in [2.24, 2.45) is 5.73 Å². The van der Waals surface area contributed by atoms with E-state index < -0.39 is 0 Å². The standard InChI is InChI=1S/C15H25N3/c1-3-18(11-14-7-5-4-6-8-14)15(12-16)9-10-17(2)13-15/h4-8H,3,9-13,16H2,1-2H3. The number of likely N-dealkylation sites (tertiary alicyclic amines) is 1. The first kappa shape index (κ1) is 13.5. The lowest BCUT2D eigenvalue weighted by Crippen LogP contribution is -2.55. The third-order valence-electron chi connectivity index (χ3n) is 4.17. The Morgan fingerprint density at radius 1 is 1.33 bits per heavy atom. The molecule has 0 amide bonds. The van der Waals surface area contributed by atoms with Crippen molar-refractivity contribution in [3.05, 3.63) is 35.9 Å². The Hall–Kier alpha value is -0.900. The Morgan fingerprint density at radius 3 is 2.56 bits per heavy atom. The van der Waals surface area contributed by atoms with Crippen LogP contribution in [0.1, 0.15) is 18.9 Å². The topological polar surface area (TPSA) is 32.5 Å². The van der Waals surface area contributed by atoms with Crippen molar-refractivity contribution in [2.45, 2.75) is 25.4 Å². The van der Waals surface area contributed by atoms with Crippen molar-refractivity contribution in [1.29, 1.82) is 0 Å². The molecule has 1 fully saturated rings. The Bertz CT molecular complexity index is 365. The van der Waals surface area contributed by atoms with Crippen molar-refractivity contribution in [2.75, 3.05) is 33.2 Å². The predicted molar refractivity (Wildman–Crippen MR) is 76.4 cm³/mol. The van der Waals surface area contributed by atoms with Gasteiger partial charge in [-0.05, 0) is 32.1 Å². The molecule has 100 valence electrons. The van der Waals surface area contributed by atoms with Gasteiger partial charge in [0.15, 0.2) is 0 Å². The average molecular weight is 247 g/mol. The fourth-order valence-electron chi connectivity index (χ4n) is 3.03. The van der Waals surface area contributed by atoms with Crippen LogP contribution in [0.2, 0.25) is 0 Å². The maximum absolute atomic E-state index is 6.09. The molecular weight excluding hydrogens is 222 g/mol. The molecule has 18 heavy (non-hydrogen) atoms. The Morgan fingerprint density at radius 2 is 2.06 bits per heavy atom. The molecule has 2 rings (SSSR count). The Balaban J connectivity index is 2.12. The van der Waals surface area contributed by atoms with Gasteiger partial charge in [0.25, 0.3) is 0 Å². The van der Waals surface area contributed by atoms with Crippen LogP contribution < -0.4 is 5.73 Å². The van der Waals surface area contributed by atoms with Gasteiger partial charge < -0.3 is 10.6 Å². The van der Waals surface area contributed by atoms with E-state index in [4.69, 9.17) is 5.73 Å². The van der Waals surface area contributed by atoms with E-state index in [0.29, 0.717) is 0 Å². The first-order valence-corrected chi connectivity index (χ1v) is 6.88. The van der Waals surface area contributed by atoms with Gasteiger partial charge in [0.05, 0.1) is 0 Å². The number of likely N-dealkylation sites (N-methyl/N-ethyl adjacent to an activating group) is 2. The van der Waals surface area contributed by atoms with E-state index in [1.807, 2.05) is 0 Å². The monoisotopic (exact) mass is 247 g/mol. The molecule has 1 aliphatic rings. The number of nitrogens with two attached hydrogens (primary N) is 1. The molecule has 0 spiro atoms. The molecule has 1 heterocycles. The summed E-state index contributed by atoms with van der Waals surface area (Å²) in [5.74, 6) is 0. The molecule has 0 saturated carbocycles. The number of rotatable bonds is 5. The number of benzene rings is 1. The van der Waals surface area contributed by atoms with Crippen LogP contribution in [0.3, 0.4) is 0 Å². The Kier molecular flexibility index (Phi) is 4.38. The van der Waals surface area contributed by atoms with Gasteiger partial charge in [-0.25, -0.2) is 0 Å². The van der Waals surface area contributed by atoms with Crippen molar-refractivity contribution in [3.8, 4) is 0 Å². The van der Waals surface area contributed by atoms with E-state index in [2.05, 4.69) is 54.1 Å². The minimum absolute atomic E-state index is 0.166. The van der Waals surface area contributed by atoms with Crippen LogP contribution in [0.5, 0.6) is 0 Å². The summed E-state index contributed by atoms with van der Waals surface area (Å²) in [5.41, 5.74) is 7.64. The lowest BCUT2D eigenvalue weighted by molar-refractivity contribution is 0.0996. The highest BCUT2D eigenvalue weighted by molar-refractivity contribution is 5.15. The molecule has 2 N–H and O–H groups in total. The quantitative estimate of drug-likeness (QED) is 0.856. The Labute approximate surface area is 111 Å². The SMILES string of the molecule is CCN(Cc1ccccc1)C1(CN)CCN(C)C1. The van der Waals surface area contributed by atoms with Crippen molar-refractivity contribution in [3.63, 3.8) is 0 Å². The maximum Gasteiger partial charge on any atom is 0.0473 e. The highest BCUT2D eigenvalue weighted by atomic mass is 15.3. The third-order valence-corrected chi connectivity index (χ3v) is 4.17. The zero-order chi connectivity index (χ0) is 13.0. The smallest absolute Gasteiger partial charge is 0.0473 e. The molecule has 0 aromatic heterocycles. The van der Waals surface area contributed by atoms with Crippen LogP contribution in [0.25, 0.3) is 0 Å². The van der Waals surface area contributed by atoms with Crippen LogP contribution in [0.4, 0.5) is 0 Å². The van der Waals surface area contributed by atoms with Crippen LogP contribution in [0, 0.1) is 0 Å². The van der Waals surface area contributed by atoms with Crippen LogP contribution in [-0.2, 0) is 6.54 Å². The molecule has 1 unspecified atom stereocenters. The average Bonchev–Trinajstić information content (AvgIpc) is 2.80. The first-order chi connectivity index (χ1) is 8.70. The summed E-state index contributed by atoms with van der Waals surface area (Å²) >= 11 is 0. The van der Waals surface area contributed by atoms with Gasteiger partial charge in [-0.1, -0.05) is 37.3 Å². The molecule has 0 radical (unpaired) electrons. The molecule has 0 bridgehead atoms. The normalized spacial score (nSPS) is 24.9. The first-order valence-electron chi connectivity index (χ1n) is 6.88. The fourth-order valence-corrected chi connectivity index (χ4v) is 3.03. The highest BCUT2D eigenvalue weighted by Crippen LogP contribution is 2.27. The molecule has 1 aliphatic heterocycles. The van der Waals surface area contributed by atoms with E-state index in [1.165, 1.54) is 12.0 Å². The minimum atomic E-state index is 0.166. The van der Waals surface area contributed by atoms with Gasteiger partial charge in [-0.2, -0.15) is 0 Å². The van der Waals surface area contributed by atoms with Crippen molar-refractivity contribution in [1.82, 2.24) is 9.80 Å². The zero-order valence-electron chi connectivity index (χ0n) is 11.6. The van der Waals surface area contributed by atoms with Crippen molar-refractivity contribution >= 4 is 0 Å². The van der Waals surface area contributed by atoms with Gasteiger partial charge in [-0.15, -0.1) is 0 Å². The molecule has 1 aromatic rings. The second-order valence-corrected chi connectivity index (χ2v) is 5.42. The predicted octanol–water partition coefficient (Wildman–Crippen LogP) is 1.54. The summed E-state index contributed by atoms with van der Waals surface area (Å²) in [5, 5.41) is 0. The van der Waals surface area contributed by atoms with Crippen LogP contribution in [0.15, 0.2) is 30.3 Å².